The minimum absolute atomic E-state index is 0.00759. The molecule has 1 aliphatic heterocycles. The minimum atomic E-state index is -0.354. The van der Waals surface area contributed by atoms with Crippen molar-refractivity contribution in [2.24, 2.45) is 20.0 Å². The van der Waals surface area contributed by atoms with Gasteiger partial charge in [0.1, 0.15) is 6.10 Å². The number of ketones is 1. The van der Waals surface area contributed by atoms with Crippen LogP contribution >= 0.6 is 0 Å². The number of carbonyl (C=O) groups excluding carboxylic acids is 1. The highest BCUT2D eigenvalue weighted by Crippen LogP contribution is 2.24. The van der Waals surface area contributed by atoms with Crippen molar-refractivity contribution in [2.75, 3.05) is 6.61 Å². The zero-order valence-corrected chi connectivity index (χ0v) is 11.9. The monoisotopic (exact) mass is 274 g/mol. The van der Waals surface area contributed by atoms with E-state index in [-0.39, 0.29) is 23.5 Å². The molecule has 0 amide bonds. The van der Waals surface area contributed by atoms with E-state index in [4.69, 9.17) is 4.74 Å². The number of carbonyl (C=O) groups is 1. The van der Waals surface area contributed by atoms with E-state index in [0.29, 0.717) is 12.2 Å². The molecule has 2 heterocycles. The van der Waals surface area contributed by atoms with Gasteiger partial charge >= 0.3 is 5.69 Å². The van der Waals surface area contributed by atoms with Crippen LogP contribution in [0, 0.1) is 5.92 Å². The average Bonchev–Trinajstić information content (AvgIpc) is 2.97. The molecule has 2 unspecified atom stereocenters. The zero-order valence-electron chi connectivity index (χ0n) is 11.9. The first-order valence-corrected chi connectivity index (χ1v) is 6.82. The smallest absolute Gasteiger partial charge is 0.328 e. The Morgan fingerprint density at radius 1 is 1.25 bits per heavy atom. The van der Waals surface area contributed by atoms with E-state index in [1.165, 1.54) is 0 Å². The first kappa shape index (κ1) is 13.1. The van der Waals surface area contributed by atoms with Crippen LogP contribution in [-0.2, 0) is 18.8 Å². The van der Waals surface area contributed by atoms with Gasteiger partial charge in [-0.25, -0.2) is 4.79 Å². The summed E-state index contributed by atoms with van der Waals surface area (Å²) in [6.07, 6.45) is 0.566. The second-order valence-corrected chi connectivity index (χ2v) is 5.53. The summed E-state index contributed by atoms with van der Waals surface area (Å²) >= 11 is 0. The van der Waals surface area contributed by atoms with Gasteiger partial charge in [-0.2, -0.15) is 0 Å². The van der Waals surface area contributed by atoms with Gasteiger partial charge in [0, 0.05) is 26.3 Å². The average molecular weight is 274 g/mol. The third-order valence-electron chi connectivity index (χ3n) is 4.20. The molecule has 2 aromatic rings. The van der Waals surface area contributed by atoms with Crippen molar-refractivity contribution in [1.82, 2.24) is 9.13 Å². The van der Waals surface area contributed by atoms with Crippen LogP contribution < -0.4 is 5.69 Å². The Kier molecular flexibility index (Phi) is 3.01. The van der Waals surface area contributed by atoms with Gasteiger partial charge in [-0.1, -0.05) is 6.92 Å². The highest BCUT2D eigenvalue weighted by molar-refractivity contribution is 6.02. The molecule has 0 aliphatic carbocycles. The number of aryl methyl sites for hydroxylation is 2. The first-order valence-electron chi connectivity index (χ1n) is 6.82. The van der Waals surface area contributed by atoms with Gasteiger partial charge in [0.25, 0.3) is 0 Å². The molecule has 3 rings (SSSR count). The van der Waals surface area contributed by atoms with Crippen LogP contribution in [0.4, 0.5) is 0 Å². The van der Waals surface area contributed by atoms with E-state index in [1.807, 2.05) is 13.0 Å². The van der Waals surface area contributed by atoms with Crippen LogP contribution in [0.1, 0.15) is 23.7 Å². The summed E-state index contributed by atoms with van der Waals surface area (Å²) in [6, 6.07) is 5.38. The molecule has 0 radical (unpaired) electrons. The number of hydrogen-bond acceptors (Lipinski definition) is 3. The van der Waals surface area contributed by atoms with E-state index >= 15 is 0 Å². The lowest BCUT2D eigenvalue weighted by Crippen LogP contribution is -2.25. The van der Waals surface area contributed by atoms with E-state index in [1.54, 1.807) is 35.4 Å². The summed E-state index contributed by atoms with van der Waals surface area (Å²) in [5, 5.41) is 0. The van der Waals surface area contributed by atoms with E-state index in [0.717, 1.165) is 17.5 Å². The molecule has 5 nitrogen and oxygen atoms in total. The maximum Gasteiger partial charge on any atom is 0.328 e. The second-order valence-electron chi connectivity index (χ2n) is 5.53. The highest BCUT2D eigenvalue weighted by Gasteiger charge is 2.31. The predicted molar refractivity (Wildman–Crippen MR) is 76.0 cm³/mol. The Bertz CT molecular complexity index is 741. The van der Waals surface area contributed by atoms with Crippen molar-refractivity contribution in [3.05, 3.63) is 34.2 Å². The third-order valence-corrected chi connectivity index (χ3v) is 4.20. The Hall–Kier alpha value is -1.88. The van der Waals surface area contributed by atoms with Gasteiger partial charge in [0.2, 0.25) is 0 Å². The molecule has 0 bridgehead atoms. The van der Waals surface area contributed by atoms with Gasteiger partial charge in [0.05, 0.1) is 11.0 Å². The fourth-order valence-corrected chi connectivity index (χ4v) is 2.85. The zero-order chi connectivity index (χ0) is 14.4. The van der Waals surface area contributed by atoms with E-state index < -0.39 is 0 Å². The summed E-state index contributed by atoms with van der Waals surface area (Å²) < 4.78 is 8.67. The Labute approximate surface area is 116 Å². The molecule has 1 aromatic carbocycles. The SMILES string of the molecule is CC1CCOC1C(=O)c1ccc2c(c1)n(C)c(=O)n2C. The number of ether oxygens (including phenoxy) is 1. The summed E-state index contributed by atoms with van der Waals surface area (Å²) in [5.74, 6) is 0.256. The minimum Gasteiger partial charge on any atom is -0.370 e. The maximum atomic E-state index is 12.5. The lowest BCUT2D eigenvalue weighted by atomic mass is 9.96. The quantitative estimate of drug-likeness (QED) is 0.780. The fraction of sp³-hybridized carbons (Fsp3) is 0.467. The number of nitrogens with zero attached hydrogens (tertiary/aromatic N) is 2. The Morgan fingerprint density at radius 3 is 2.60 bits per heavy atom. The van der Waals surface area contributed by atoms with E-state index in [9.17, 15) is 9.59 Å². The van der Waals surface area contributed by atoms with Crippen molar-refractivity contribution < 1.29 is 9.53 Å². The number of benzene rings is 1. The van der Waals surface area contributed by atoms with E-state index in [2.05, 4.69) is 0 Å². The molecule has 0 N–H and O–H groups in total. The predicted octanol–water partition coefficient (Wildman–Crippen LogP) is 1.48. The number of imidazole rings is 1. The summed E-state index contributed by atoms with van der Waals surface area (Å²) in [7, 11) is 3.45. The second kappa shape index (κ2) is 4.59. The number of Topliss-reactive ketones (excluding diaryl/α,β-unsaturated/α-hetero) is 1. The Balaban J connectivity index is 2.07. The van der Waals surface area contributed by atoms with Crippen LogP contribution in [0.3, 0.4) is 0 Å². The lowest BCUT2D eigenvalue weighted by molar-refractivity contribution is 0.0579. The van der Waals surface area contributed by atoms with Crippen LogP contribution in [0.25, 0.3) is 11.0 Å². The highest BCUT2D eigenvalue weighted by atomic mass is 16.5. The summed E-state index contributed by atoms with van der Waals surface area (Å²) in [6.45, 7) is 2.68. The van der Waals surface area contributed by atoms with Crippen molar-refractivity contribution in [3.63, 3.8) is 0 Å². The molecular formula is C15H18N2O3. The van der Waals surface area contributed by atoms with Gasteiger partial charge < -0.3 is 4.74 Å². The largest absolute Gasteiger partial charge is 0.370 e. The van der Waals surface area contributed by atoms with Crippen molar-refractivity contribution in [2.45, 2.75) is 19.4 Å². The van der Waals surface area contributed by atoms with Gasteiger partial charge in [-0.3, -0.25) is 13.9 Å². The van der Waals surface area contributed by atoms with Gasteiger partial charge in [-0.05, 0) is 30.5 Å². The van der Waals surface area contributed by atoms with Gasteiger partial charge in [0.15, 0.2) is 5.78 Å². The molecule has 2 atom stereocenters. The third kappa shape index (κ3) is 1.81. The van der Waals surface area contributed by atoms with Gasteiger partial charge in [-0.15, -0.1) is 0 Å². The molecule has 20 heavy (non-hydrogen) atoms. The van der Waals surface area contributed by atoms with Crippen LogP contribution in [0.2, 0.25) is 0 Å². The number of fused-ring (bicyclic) bond motifs is 1. The first-order chi connectivity index (χ1) is 9.50. The summed E-state index contributed by atoms with van der Waals surface area (Å²) in [4.78, 5) is 24.4. The Morgan fingerprint density at radius 2 is 1.95 bits per heavy atom. The molecule has 0 saturated carbocycles. The van der Waals surface area contributed by atoms with Crippen molar-refractivity contribution in [3.8, 4) is 0 Å². The molecular weight excluding hydrogens is 256 g/mol. The van der Waals surface area contributed by atoms with Crippen LogP contribution in [0.5, 0.6) is 0 Å². The maximum absolute atomic E-state index is 12.5. The topological polar surface area (TPSA) is 53.2 Å². The standard InChI is InChI=1S/C15H18N2O3/c1-9-6-7-20-14(9)13(18)10-4-5-11-12(8-10)17(3)15(19)16(11)2/h4-5,8-9,14H,6-7H2,1-3H3. The molecule has 1 aromatic heterocycles. The lowest BCUT2D eigenvalue weighted by Gasteiger charge is -2.13. The van der Waals surface area contributed by atoms with Crippen LogP contribution in [0.15, 0.2) is 23.0 Å². The molecule has 1 aliphatic rings. The normalized spacial score (nSPS) is 22.6. The van der Waals surface area contributed by atoms with Crippen LogP contribution in [-0.4, -0.2) is 27.6 Å². The number of rotatable bonds is 2. The number of aromatic nitrogens is 2. The summed E-state index contributed by atoms with van der Waals surface area (Å²) in [5.41, 5.74) is 2.12. The van der Waals surface area contributed by atoms with Crippen molar-refractivity contribution in [1.29, 1.82) is 0 Å². The number of hydrogen-bond donors (Lipinski definition) is 0. The fourth-order valence-electron chi connectivity index (χ4n) is 2.85. The molecule has 0 spiro atoms. The van der Waals surface area contributed by atoms with Crippen molar-refractivity contribution >= 4 is 16.8 Å². The molecule has 106 valence electrons. The molecule has 1 fully saturated rings. The molecule has 1 saturated heterocycles. The molecule has 5 heteroatoms.